The molecule has 0 aliphatic carbocycles. The van der Waals surface area contributed by atoms with Gasteiger partial charge in [0.1, 0.15) is 24.2 Å². The zero-order valence-corrected chi connectivity index (χ0v) is 20.0. The van der Waals surface area contributed by atoms with Crippen LogP contribution in [0.2, 0.25) is 0 Å². The lowest BCUT2D eigenvalue weighted by Crippen LogP contribution is -2.44. The molecule has 7 heteroatoms. The first-order valence-corrected chi connectivity index (χ1v) is 12.4. The van der Waals surface area contributed by atoms with Crippen molar-refractivity contribution in [2.45, 2.75) is 38.0 Å². The molecule has 2 atom stereocenters. The van der Waals surface area contributed by atoms with Crippen molar-refractivity contribution in [1.29, 1.82) is 0 Å². The first-order chi connectivity index (χ1) is 16.5. The Labute approximate surface area is 201 Å². The molecule has 2 aromatic carbocycles. The summed E-state index contributed by atoms with van der Waals surface area (Å²) in [6.07, 6.45) is 2.71. The number of nitrogens with zero attached hydrogens (tertiary/aromatic N) is 3. The Bertz CT molecular complexity index is 1010. The molecule has 1 fully saturated rings. The molecule has 1 amide bonds. The summed E-state index contributed by atoms with van der Waals surface area (Å²) >= 11 is 0. The summed E-state index contributed by atoms with van der Waals surface area (Å²) in [6, 6.07) is 14.0. The maximum absolute atomic E-state index is 13.2. The summed E-state index contributed by atoms with van der Waals surface area (Å²) in [5.41, 5.74) is 3.25. The van der Waals surface area contributed by atoms with Crippen LogP contribution in [0.5, 0.6) is 11.5 Å². The topological polar surface area (TPSA) is 65.5 Å². The summed E-state index contributed by atoms with van der Waals surface area (Å²) in [5.74, 6) is 1.21. The van der Waals surface area contributed by atoms with Gasteiger partial charge in [-0.25, -0.2) is 0 Å². The first kappa shape index (κ1) is 23.1. The van der Waals surface area contributed by atoms with Crippen molar-refractivity contribution in [2.24, 2.45) is 0 Å². The van der Waals surface area contributed by atoms with Crippen LogP contribution in [0.25, 0.3) is 0 Å². The molecule has 0 radical (unpaired) electrons. The Morgan fingerprint density at radius 3 is 2.82 bits per heavy atom. The van der Waals surface area contributed by atoms with Gasteiger partial charge in [0.25, 0.3) is 5.91 Å². The van der Waals surface area contributed by atoms with Crippen LogP contribution in [0.1, 0.15) is 34.3 Å². The van der Waals surface area contributed by atoms with Gasteiger partial charge < -0.3 is 24.4 Å². The van der Waals surface area contributed by atoms with E-state index in [1.165, 1.54) is 11.1 Å². The second kappa shape index (κ2) is 10.3. The third-order valence-corrected chi connectivity index (χ3v) is 7.08. The molecule has 5 rings (SSSR count). The summed E-state index contributed by atoms with van der Waals surface area (Å²) < 4.78 is 12.1. The summed E-state index contributed by atoms with van der Waals surface area (Å²) in [6.45, 7) is 5.48. The molecule has 0 bridgehead atoms. The quantitative estimate of drug-likeness (QED) is 0.707. The van der Waals surface area contributed by atoms with E-state index >= 15 is 0 Å². The minimum atomic E-state index is -0.610. The van der Waals surface area contributed by atoms with Gasteiger partial charge >= 0.3 is 0 Å². The number of fused-ring (bicyclic) bond motifs is 2. The second-order valence-corrected chi connectivity index (χ2v) is 9.81. The summed E-state index contributed by atoms with van der Waals surface area (Å²) in [5, 5.41) is 10.8. The van der Waals surface area contributed by atoms with Gasteiger partial charge in [0.05, 0.1) is 18.2 Å². The van der Waals surface area contributed by atoms with E-state index in [1.807, 2.05) is 12.1 Å². The lowest BCUT2D eigenvalue weighted by Gasteiger charge is -2.32. The van der Waals surface area contributed by atoms with Crippen molar-refractivity contribution in [3.8, 4) is 11.5 Å². The smallest absolute Gasteiger partial charge is 0.257 e. The van der Waals surface area contributed by atoms with E-state index in [2.05, 4.69) is 41.1 Å². The molecular formula is C27H35N3O4. The van der Waals surface area contributed by atoms with Crippen LogP contribution in [0.4, 0.5) is 0 Å². The van der Waals surface area contributed by atoms with Crippen molar-refractivity contribution in [3.63, 3.8) is 0 Å². The normalized spacial score (nSPS) is 22.4. The molecule has 7 nitrogen and oxygen atoms in total. The Morgan fingerprint density at radius 2 is 1.97 bits per heavy atom. The predicted octanol–water partition coefficient (Wildman–Crippen LogP) is 2.41. The van der Waals surface area contributed by atoms with Crippen molar-refractivity contribution < 1.29 is 19.4 Å². The fourth-order valence-corrected chi connectivity index (χ4v) is 5.31. The molecule has 0 unspecified atom stereocenters. The number of amides is 1. The van der Waals surface area contributed by atoms with E-state index in [9.17, 15) is 9.90 Å². The maximum atomic E-state index is 13.2. The van der Waals surface area contributed by atoms with E-state index in [0.717, 1.165) is 51.2 Å². The number of ether oxygens (including phenoxy) is 2. The molecule has 3 aliphatic rings. The highest BCUT2D eigenvalue weighted by atomic mass is 16.5. The molecule has 3 aliphatic heterocycles. The number of likely N-dealkylation sites (N-methyl/N-ethyl adjacent to an activating group) is 1. The fourth-order valence-electron chi connectivity index (χ4n) is 5.31. The van der Waals surface area contributed by atoms with E-state index in [-0.39, 0.29) is 12.0 Å². The lowest BCUT2D eigenvalue weighted by atomic mass is 10.00. The van der Waals surface area contributed by atoms with E-state index in [4.69, 9.17) is 9.47 Å². The van der Waals surface area contributed by atoms with Gasteiger partial charge in [0.2, 0.25) is 0 Å². The zero-order chi connectivity index (χ0) is 23.5. The molecule has 1 saturated heterocycles. The highest BCUT2D eigenvalue weighted by Gasteiger charge is 2.28. The Hall–Kier alpha value is -2.61. The van der Waals surface area contributed by atoms with Crippen molar-refractivity contribution >= 4 is 5.91 Å². The van der Waals surface area contributed by atoms with Gasteiger partial charge in [-0.1, -0.05) is 24.3 Å². The maximum Gasteiger partial charge on any atom is 0.257 e. The Kier molecular flexibility index (Phi) is 7.04. The number of piperidine rings is 1. The fraction of sp³-hybridized carbons (Fsp3) is 0.519. The summed E-state index contributed by atoms with van der Waals surface area (Å²) in [4.78, 5) is 19.5. The molecule has 182 valence electrons. The number of aliphatic hydroxyl groups excluding tert-OH is 1. The van der Waals surface area contributed by atoms with Crippen LogP contribution in [0, 0.1) is 0 Å². The third-order valence-electron chi connectivity index (χ3n) is 7.08. The van der Waals surface area contributed by atoms with Gasteiger partial charge in [-0.15, -0.1) is 0 Å². The highest BCUT2D eigenvalue weighted by Crippen LogP contribution is 2.29. The Balaban J connectivity index is 1.19. The third kappa shape index (κ3) is 5.37. The van der Waals surface area contributed by atoms with E-state index in [1.54, 1.807) is 11.0 Å². The lowest BCUT2D eigenvalue weighted by molar-refractivity contribution is 0.0501. The molecule has 1 N–H and O–H groups in total. The first-order valence-electron chi connectivity index (χ1n) is 12.4. The number of aliphatic hydroxyl groups is 1. The monoisotopic (exact) mass is 465 g/mol. The molecule has 0 aromatic heterocycles. The van der Waals surface area contributed by atoms with Gasteiger partial charge in [-0.2, -0.15) is 0 Å². The van der Waals surface area contributed by atoms with Crippen LogP contribution < -0.4 is 9.47 Å². The van der Waals surface area contributed by atoms with Crippen LogP contribution in [-0.4, -0.2) is 90.8 Å². The zero-order valence-electron chi connectivity index (χ0n) is 20.0. The number of hydrogen-bond donors (Lipinski definition) is 1. The van der Waals surface area contributed by atoms with Crippen molar-refractivity contribution in [3.05, 3.63) is 59.2 Å². The van der Waals surface area contributed by atoms with Crippen LogP contribution in [0.15, 0.2) is 42.5 Å². The average molecular weight is 466 g/mol. The van der Waals surface area contributed by atoms with Gasteiger partial charge in [-0.3, -0.25) is 9.69 Å². The SMILES string of the molecule is CN1CCC[C@H](Oc2ccc3c(c2)OCCN(C[C@H](O)CN2CCc4ccccc4C2)C3=O)C1. The highest BCUT2D eigenvalue weighted by molar-refractivity contribution is 5.97. The molecule has 2 aromatic rings. The second-order valence-electron chi connectivity index (χ2n) is 9.81. The molecular weight excluding hydrogens is 430 g/mol. The molecule has 34 heavy (non-hydrogen) atoms. The molecule has 0 spiro atoms. The number of hydrogen-bond acceptors (Lipinski definition) is 6. The van der Waals surface area contributed by atoms with Crippen molar-refractivity contribution in [1.82, 2.24) is 14.7 Å². The number of benzene rings is 2. The number of carbonyl (C=O) groups is 1. The number of likely N-dealkylation sites (tertiary alicyclic amines) is 1. The number of rotatable bonds is 6. The minimum absolute atomic E-state index is 0.0977. The molecule has 3 heterocycles. The van der Waals surface area contributed by atoms with E-state index in [0.29, 0.717) is 37.6 Å². The van der Waals surface area contributed by atoms with Gasteiger partial charge in [-0.05, 0) is 56.1 Å². The van der Waals surface area contributed by atoms with Crippen molar-refractivity contribution in [2.75, 3.05) is 52.9 Å². The van der Waals surface area contributed by atoms with Crippen LogP contribution in [0.3, 0.4) is 0 Å². The van der Waals surface area contributed by atoms with Crippen LogP contribution in [-0.2, 0) is 13.0 Å². The number of carbonyl (C=O) groups excluding carboxylic acids is 1. The van der Waals surface area contributed by atoms with Gasteiger partial charge in [0, 0.05) is 38.8 Å². The van der Waals surface area contributed by atoms with E-state index < -0.39 is 6.10 Å². The average Bonchev–Trinajstić information content (AvgIpc) is 2.97. The van der Waals surface area contributed by atoms with Crippen LogP contribution >= 0.6 is 0 Å². The predicted molar refractivity (Wildman–Crippen MR) is 130 cm³/mol. The largest absolute Gasteiger partial charge is 0.491 e. The Morgan fingerprint density at radius 1 is 1.12 bits per heavy atom. The molecule has 0 saturated carbocycles. The summed E-state index contributed by atoms with van der Waals surface area (Å²) in [7, 11) is 2.11. The standard InChI is InChI=1S/C27H35N3O4/c1-28-11-4-7-24(19-28)34-23-8-9-25-26(15-23)33-14-13-30(27(25)32)18-22(31)17-29-12-10-20-5-2-3-6-21(20)16-29/h2-3,5-6,8-9,15,22,24,31H,4,7,10-14,16-19H2,1H3/t22-,24+/m1/s1. The minimum Gasteiger partial charge on any atom is -0.491 e. The van der Waals surface area contributed by atoms with Gasteiger partial charge in [0.15, 0.2) is 0 Å². The number of β-amino-alcohol motifs (C(OH)–C–C–N with tert-alkyl or cyclic N) is 1.